The van der Waals surface area contributed by atoms with E-state index in [1.54, 1.807) is 25.4 Å². The predicted octanol–water partition coefficient (Wildman–Crippen LogP) is 6.02. The Balaban J connectivity index is 0.00000163. The first-order valence-electron chi connectivity index (χ1n) is 17.4. The molecule has 6 N–H and O–H groups in total. The third-order valence-corrected chi connectivity index (χ3v) is 8.77. The van der Waals surface area contributed by atoms with Crippen molar-refractivity contribution in [2.24, 2.45) is 16.9 Å². The molecule has 1 unspecified atom stereocenters. The molecule has 10 nitrogen and oxygen atoms in total. The minimum Gasteiger partial charge on any atom is -0.508 e. The number of aromatic nitrogens is 2. The number of ether oxygens (including phenoxy) is 2. The number of aldehydes is 1. The number of nitrogens with one attached hydrogen (secondary N) is 1. The van der Waals surface area contributed by atoms with E-state index in [0.717, 1.165) is 82.2 Å². The molecule has 0 bridgehead atoms. The van der Waals surface area contributed by atoms with Crippen molar-refractivity contribution in [3.63, 3.8) is 0 Å². The normalized spacial score (nSPS) is 14.4. The van der Waals surface area contributed by atoms with Crippen LogP contribution in [0, 0.1) is 17.9 Å². The average molecular weight is 685 g/mol. The first-order valence-corrected chi connectivity index (χ1v) is 17.4. The Hall–Kier alpha value is -4.24. The van der Waals surface area contributed by atoms with Crippen LogP contribution in [0.2, 0.25) is 0 Å². The summed E-state index contributed by atoms with van der Waals surface area (Å²) in [4.78, 5) is 16.8. The monoisotopic (exact) mass is 684 g/mol. The summed E-state index contributed by atoms with van der Waals surface area (Å²) in [5.41, 5.74) is 20.9. The third-order valence-electron chi connectivity index (χ3n) is 8.77. The molecule has 0 spiro atoms. The Morgan fingerprint density at radius 1 is 1.10 bits per heavy atom. The summed E-state index contributed by atoms with van der Waals surface area (Å²) in [6, 6.07) is 13.8. The zero-order valence-electron chi connectivity index (χ0n) is 30.9. The average Bonchev–Trinajstić information content (AvgIpc) is 3.44. The first-order chi connectivity index (χ1) is 24.1. The molecule has 0 saturated carbocycles. The second-order valence-electron chi connectivity index (χ2n) is 13.0. The van der Waals surface area contributed by atoms with Gasteiger partial charge in [-0.15, -0.1) is 0 Å². The number of rotatable bonds is 13. The molecule has 10 heteroatoms. The number of phenolic OH excluding ortho intramolecular Hbond substituents is 1. The zero-order chi connectivity index (χ0) is 36.9. The van der Waals surface area contributed by atoms with Gasteiger partial charge < -0.3 is 30.6 Å². The van der Waals surface area contributed by atoms with Crippen LogP contribution in [0.1, 0.15) is 64.2 Å². The van der Waals surface area contributed by atoms with Gasteiger partial charge in [0, 0.05) is 67.4 Å². The number of phenols is 1. The molecule has 1 atom stereocenters. The summed E-state index contributed by atoms with van der Waals surface area (Å²) in [6.45, 7) is 13.5. The van der Waals surface area contributed by atoms with Crippen LogP contribution in [0.5, 0.6) is 5.75 Å². The van der Waals surface area contributed by atoms with Crippen LogP contribution >= 0.6 is 0 Å². The summed E-state index contributed by atoms with van der Waals surface area (Å²) >= 11 is 0. The standard InChI is InChI=1S/C37H45N5O4.C2H6.CH5N/c1-6-41-34-11-10-27(29-16-26(17-30(44)18-29)20-37(38,24-43)42-15-9-8-13-40-42)19-31(34)32(21-36(3,4)25-46-7-2)35(41)33-22-39-14-12-28(33)23-45-5;2*1-2/h2,10-12,14,16-19,22,24,40,44H,6,8-9,13,15,20-21,23,25,38H2,1,3-5H3;1-2H3;2H2,1H3. The van der Waals surface area contributed by atoms with Gasteiger partial charge in [0.25, 0.3) is 0 Å². The Morgan fingerprint density at radius 2 is 1.86 bits per heavy atom. The molecular formula is C40H56N6O4. The number of benzene rings is 2. The van der Waals surface area contributed by atoms with Crippen molar-refractivity contribution in [2.75, 3.05) is 33.9 Å². The summed E-state index contributed by atoms with van der Waals surface area (Å²) in [7, 11) is 3.20. The van der Waals surface area contributed by atoms with Crippen LogP contribution in [-0.2, 0) is 40.3 Å². The minimum atomic E-state index is -1.23. The lowest BCUT2D eigenvalue weighted by Gasteiger charge is -2.39. The van der Waals surface area contributed by atoms with E-state index in [4.69, 9.17) is 21.6 Å². The molecule has 270 valence electrons. The first kappa shape index (κ1) is 40.2. The van der Waals surface area contributed by atoms with Crippen LogP contribution in [0.4, 0.5) is 0 Å². The van der Waals surface area contributed by atoms with E-state index in [0.29, 0.717) is 26.2 Å². The molecule has 0 aliphatic carbocycles. The highest BCUT2D eigenvalue weighted by atomic mass is 16.5. The van der Waals surface area contributed by atoms with Crippen LogP contribution in [0.3, 0.4) is 0 Å². The number of hydrogen-bond donors (Lipinski definition) is 4. The smallest absolute Gasteiger partial charge is 0.156 e. The quantitative estimate of drug-likeness (QED) is 0.0984. The predicted molar refractivity (Wildman–Crippen MR) is 203 cm³/mol. The maximum Gasteiger partial charge on any atom is 0.156 e. The van der Waals surface area contributed by atoms with E-state index in [-0.39, 0.29) is 17.6 Å². The van der Waals surface area contributed by atoms with E-state index in [2.05, 4.69) is 65.8 Å². The highest BCUT2D eigenvalue weighted by molar-refractivity contribution is 5.95. The number of carbonyl (C=O) groups is 1. The minimum absolute atomic E-state index is 0.117. The van der Waals surface area contributed by atoms with E-state index in [1.165, 1.54) is 7.05 Å². The third kappa shape index (κ3) is 9.30. The van der Waals surface area contributed by atoms with Crippen molar-refractivity contribution < 1.29 is 19.4 Å². The molecule has 1 saturated heterocycles. The van der Waals surface area contributed by atoms with Crippen LogP contribution in [0.15, 0.2) is 54.9 Å². The highest BCUT2D eigenvalue weighted by Gasteiger charge is 2.34. The molecule has 50 heavy (non-hydrogen) atoms. The maximum atomic E-state index is 12.3. The van der Waals surface area contributed by atoms with Gasteiger partial charge in [-0.25, -0.2) is 5.01 Å². The maximum absolute atomic E-state index is 12.3. The van der Waals surface area contributed by atoms with Gasteiger partial charge in [-0.1, -0.05) is 46.3 Å². The Labute approximate surface area is 298 Å². The van der Waals surface area contributed by atoms with Gasteiger partial charge in [0.05, 0.1) is 12.3 Å². The fourth-order valence-electron chi connectivity index (χ4n) is 6.62. The molecule has 0 amide bonds. The Kier molecular flexibility index (Phi) is 15.0. The van der Waals surface area contributed by atoms with Gasteiger partial charge in [0.2, 0.25) is 0 Å². The van der Waals surface area contributed by atoms with Crippen molar-refractivity contribution in [1.82, 2.24) is 20.0 Å². The molecule has 5 rings (SSSR count). The second-order valence-corrected chi connectivity index (χ2v) is 13.0. The van der Waals surface area contributed by atoms with Gasteiger partial charge in [-0.2, -0.15) is 0 Å². The number of nitrogens with zero attached hydrogens (tertiary/aromatic N) is 3. The topological polar surface area (TPSA) is 141 Å². The van der Waals surface area contributed by atoms with E-state index < -0.39 is 5.66 Å². The summed E-state index contributed by atoms with van der Waals surface area (Å²) < 4.78 is 13.4. The molecule has 2 aromatic carbocycles. The molecular weight excluding hydrogens is 628 g/mol. The van der Waals surface area contributed by atoms with E-state index in [1.807, 2.05) is 37.2 Å². The molecule has 4 aromatic rings. The van der Waals surface area contributed by atoms with Crippen LogP contribution < -0.4 is 16.9 Å². The van der Waals surface area contributed by atoms with Crippen molar-refractivity contribution >= 4 is 17.2 Å². The molecule has 0 radical (unpaired) electrons. The fourth-order valence-corrected chi connectivity index (χ4v) is 6.62. The van der Waals surface area contributed by atoms with Crippen LogP contribution in [0.25, 0.3) is 33.3 Å². The largest absolute Gasteiger partial charge is 0.508 e. The lowest BCUT2D eigenvalue weighted by Crippen LogP contribution is -2.65. The second kappa shape index (κ2) is 18.7. The van der Waals surface area contributed by atoms with Crippen molar-refractivity contribution in [3.05, 3.63) is 71.5 Å². The SMILES string of the molecule is C#COCC(C)(C)Cc1c(-c2cnccc2COC)n(CC)c2ccc(-c3cc(O)cc(CC(N)(C=O)N4CCCCN4)c3)cc12.CC.CN. The molecule has 3 heterocycles. The molecule has 1 aliphatic heterocycles. The Bertz CT molecular complexity index is 1740. The lowest BCUT2D eigenvalue weighted by molar-refractivity contribution is -0.122. The number of carbonyl (C=O) groups excluding carboxylic acids is 1. The number of pyridine rings is 1. The number of fused-ring (bicyclic) bond motifs is 1. The zero-order valence-corrected chi connectivity index (χ0v) is 30.9. The highest BCUT2D eigenvalue weighted by Crippen LogP contribution is 2.41. The summed E-state index contributed by atoms with van der Waals surface area (Å²) in [6.07, 6.45) is 15.2. The number of nitrogens with two attached hydrogens (primary N) is 2. The van der Waals surface area contributed by atoms with Gasteiger partial charge in [0.15, 0.2) is 6.29 Å². The summed E-state index contributed by atoms with van der Waals surface area (Å²) in [5.74, 6) is 0.117. The van der Waals surface area contributed by atoms with Crippen molar-refractivity contribution in [1.29, 1.82) is 0 Å². The van der Waals surface area contributed by atoms with Crippen LogP contribution in [-0.4, -0.2) is 65.5 Å². The lowest BCUT2D eigenvalue weighted by atomic mass is 9.84. The van der Waals surface area contributed by atoms with Gasteiger partial charge in [-0.05, 0) is 91.4 Å². The van der Waals surface area contributed by atoms with Crippen molar-refractivity contribution in [3.8, 4) is 40.7 Å². The van der Waals surface area contributed by atoms with E-state index in [9.17, 15) is 9.90 Å². The number of aryl methyl sites for hydroxylation is 1. The number of aromatic hydroxyl groups is 1. The number of hydrogen-bond acceptors (Lipinski definition) is 9. The fraction of sp³-hybridized carbons (Fsp3) is 0.450. The molecule has 1 aliphatic rings. The van der Waals surface area contributed by atoms with Gasteiger partial charge in [-0.3, -0.25) is 15.2 Å². The molecule has 1 fully saturated rings. The number of hydrazine groups is 1. The van der Waals surface area contributed by atoms with E-state index >= 15 is 0 Å². The van der Waals surface area contributed by atoms with Gasteiger partial charge >= 0.3 is 0 Å². The molecule has 2 aromatic heterocycles. The van der Waals surface area contributed by atoms with Gasteiger partial charge in [0.1, 0.15) is 24.1 Å². The number of methoxy groups -OCH3 is 1. The number of terminal acetylenes is 1. The Morgan fingerprint density at radius 3 is 2.50 bits per heavy atom. The summed E-state index contributed by atoms with van der Waals surface area (Å²) in [5, 5.41) is 13.8. The van der Waals surface area contributed by atoms with Crippen molar-refractivity contribution in [2.45, 2.75) is 79.1 Å².